The van der Waals surface area contributed by atoms with Crippen LogP contribution < -0.4 is 17.1 Å². The Hall–Kier alpha value is -1.52. The fourth-order valence-electron chi connectivity index (χ4n) is 1.61. The maximum atomic E-state index is 11.1. The van der Waals surface area contributed by atoms with Crippen molar-refractivity contribution in [2.24, 2.45) is 16.7 Å². The molecule has 5 N–H and O–H groups in total. The third-order valence-corrected chi connectivity index (χ3v) is 4.31. The summed E-state index contributed by atoms with van der Waals surface area (Å²) in [6.07, 6.45) is 1.79. The standard InChI is InChI=1S/C8H9IN7O2P/c9-19-15-6-1-4(8(10)13-14-11)2-7(16(17)18)5(6)3-12-15/h1-3,14,19H,11H2,(H2,10,13). The molecule has 100 valence electrons. The summed E-state index contributed by atoms with van der Waals surface area (Å²) in [4.78, 5) is 10.6. The van der Waals surface area contributed by atoms with Crippen molar-refractivity contribution in [3.8, 4) is 0 Å². The third-order valence-electron chi connectivity index (χ3n) is 2.42. The van der Waals surface area contributed by atoms with Crippen molar-refractivity contribution < 1.29 is 4.92 Å². The molecule has 1 aromatic heterocycles. The molecule has 0 amide bonds. The van der Waals surface area contributed by atoms with Gasteiger partial charge in [-0.3, -0.25) is 10.1 Å². The van der Waals surface area contributed by atoms with Crippen LogP contribution in [0.2, 0.25) is 0 Å². The van der Waals surface area contributed by atoms with Gasteiger partial charge < -0.3 is 5.73 Å². The van der Waals surface area contributed by atoms with Crippen molar-refractivity contribution in [1.82, 2.24) is 15.1 Å². The first-order chi connectivity index (χ1) is 9.08. The zero-order valence-electron chi connectivity index (χ0n) is 9.37. The van der Waals surface area contributed by atoms with E-state index in [1.165, 1.54) is 12.3 Å². The summed E-state index contributed by atoms with van der Waals surface area (Å²) in [6, 6.07) is 3.04. The lowest BCUT2D eigenvalue weighted by molar-refractivity contribution is -0.383. The number of hydrogen-bond donors (Lipinski definition) is 3. The van der Waals surface area contributed by atoms with Gasteiger partial charge in [-0.2, -0.15) is 5.10 Å². The van der Waals surface area contributed by atoms with Gasteiger partial charge in [-0.25, -0.2) is 15.8 Å². The number of hydrogen-bond acceptors (Lipinski definition) is 6. The van der Waals surface area contributed by atoms with Gasteiger partial charge in [0.2, 0.25) is 0 Å². The summed E-state index contributed by atoms with van der Waals surface area (Å²) in [5, 5.41) is 19.3. The van der Waals surface area contributed by atoms with Gasteiger partial charge in [-0.15, -0.1) is 5.10 Å². The molecule has 0 bridgehead atoms. The summed E-state index contributed by atoms with van der Waals surface area (Å²) < 4.78 is 1.66. The maximum Gasteiger partial charge on any atom is 0.281 e. The number of nitro groups is 1. The molecule has 1 unspecified atom stereocenters. The molecule has 0 radical (unpaired) electrons. The van der Waals surface area contributed by atoms with Crippen molar-refractivity contribution >= 4 is 50.8 Å². The number of nitrogens with one attached hydrogen (secondary N) is 1. The minimum atomic E-state index is -0.475. The summed E-state index contributed by atoms with van der Waals surface area (Å²) in [5.41, 5.74) is 8.71. The molecule has 2 aromatic rings. The fourth-order valence-corrected chi connectivity index (χ4v) is 3.14. The van der Waals surface area contributed by atoms with E-state index >= 15 is 0 Å². The van der Waals surface area contributed by atoms with E-state index < -0.39 is 4.92 Å². The average Bonchev–Trinajstić information content (AvgIpc) is 2.80. The monoisotopic (exact) mass is 393 g/mol. The molecular weight excluding hydrogens is 384 g/mol. The lowest BCUT2D eigenvalue weighted by atomic mass is 10.1. The molecular formula is C8H9IN7O2P. The summed E-state index contributed by atoms with van der Waals surface area (Å²) in [7, 11) is 0. The first-order valence-electron chi connectivity index (χ1n) is 4.90. The molecule has 11 heteroatoms. The highest BCUT2D eigenvalue weighted by atomic mass is 127. The second-order valence-corrected chi connectivity index (χ2v) is 5.49. The van der Waals surface area contributed by atoms with E-state index in [-0.39, 0.29) is 11.5 Å². The number of hydrazone groups is 1. The zero-order chi connectivity index (χ0) is 14.0. The molecule has 9 nitrogen and oxygen atoms in total. The molecule has 1 aromatic carbocycles. The first kappa shape index (κ1) is 13.9. The molecule has 1 heterocycles. The number of benzene rings is 1. The van der Waals surface area contributed by atoms with Crippen LogP contribution in [0.25, 0.3) is 10.9 Å². The molecule has 0 aliphatic carbocycles. The number of non-ortho nitro benzene ring substituents is 1. The van der Waals surface area contributed by atoms with Crippen molar-refractivity contribution in [3.63, 3.8) is 0 Å². The first-order valence-corrected chi connectivity index (χ1v) is 8.96. The van der Waals surface area contributed by atoms with Crippen LogP contribution in [-0.4, -0.2) is 20.3 Å². The Morgan fingerprint density at radius 2 is 2.37 bits per heavy atom. The van der Waals surface area contributed by atoms with Crippen molar-refractivity contribution in [3.05, 3.63) is 34.0 Å². The van der Waals surface area contributed by atoms with Crippen LogP contribution in [-0.2, 0) is 0 Å². The van der Waals surface area contributed by atoms with E-state index in [0.717, 1.165) is 0 Å². The molecule has 0 spiro atoms. The lowest BCUT2D eigenvalue weighted by Crippen LogP contribution is -2.23. The second kappa shape index (κ2) is 5.63. The van der Waals surface area contributed by atoms with E-state index in [0.29, 0.717) is 22.8 Å². The number of nitro benzene ring substituents is 1. The van der Waals surface area contributed by atoms with E-state index in [1.807, 2.05) is 0 Å². The Bertz CT molecular complexity index is 670. The summed E-state index contributed by atoms with van der Waals surface area (Å²) in [5.74, 6) is 5.11. The summed E-state index contributed by atoms with van der Waals surface area (Å²) in [6.45, 7) is 0. The average molecular weight is 393 g/mol. The topological polar surface area (TPSA) is 137 Å². The fraction of sp³-hybridized carbons (Fsp3) is 0. The highest BCUT2D eigenvalue weighted by Gasteiger charge is 2.18. The Kier molecular flexibility index (Phi) is 4.12. The van der Waals surface area contributed by atoms with Crippen LogP contribution in [0.4, 0.5) is 5.69 Å². The van der Waals surface area contributed by atoms with Crippen molar-refractivity contribution in [1.29, 1.82) is 0 Å². The molecule has 0 saturated heterocycles. The highest BCUT2D eigenvalue weighted by molar-refractivity contribution is 14.2. The predicted molar refractivity (Wildman–Crippen MR) is 82.2 cm³/mol. The minimum absolute atomic E-state index is 0.0661. The Balaban J connectivity index is 2.74. The van der Waals surface area contributed by atoms with Gasteiger partial charge >= 0.3 is 0 Å². The van der Waals surface area contributed by atoms with Crippen molar-refractivity contribution in [2.75, 3.05) is 0 Å². The number of hydrazine groups is 1. The van der Waals surface area contributed by atoms with Crippen LogP contribution in [0.15, 0.2) is 23.4 Å². The molecule has 0 fully saturated rings. The number of nitrogens with two attached hydrogens (primary N) is 2. The van der Waals surface area contributed by atoms with Gasteiger partial charge in [0, 0.05) is 11.6 Å². The number of aromatic nitrogens is 2. The Morgan fingerprint density at radius 3 is 2.95 bits per heavy atom. The Labute approximate surface area is 121 Å². The summed E-state index contributed by atoms with van der Waals surface area (Å²) >= 11 is 2.14. The molecule has 1 atom stereocenters. The zero-order valence-corrected chi connectivity index (χ0v) is 12.5. The lowest BCUT2D eigenvalue weighted by Gasteiger charge is -2.03. The predicted octanol–water partition coefficient (Wildman–Crippen LogP) is 0.820. The smallest absolute Gasteiger partial charge is 0.281 e. The quantitative estimate of drug-likeness (QED) is 0.134. The molecule has 0 aliphatic rings. The second-order valence-electron chi connectivity index (χ2n) is 3.45. The van der Waals surface area contributed by atoms with E-state index in [9.17, 15) is 10.1 Å². The largest absolute Gasteiger partial charge is 0.382 e. The third kappa shape index (κ3) is 2.60. The van der Waals surface area contributed by atoms with E-state index in [1.54, 1.807) is 10.5 Å². The van der Waals surface area contributed by atoms with Gasteiger partial charge in [0.1, 0.15) is 0 Å². The van der Waals surface area contributed by atoms with Crippen LogP contribution in [0.5, 0.6) is 0 Å². The van der Waals surface area contributed by atoms with Crippen LogP contribution in [0.3, 0.4) is 0 Å². The van der Waals surface area contributed by atoms with E-state index in [4.69, 9.17) is 11.6 Å². The molecule has 2 rings (SSSR count). The normalized spacial score (nSPS) is 12.4. The Morgan fingerprint density at radius 1 is 1.63 bits per heavy atom. The molecule has 0 saturated carbocycles. The number of rotatable bonds is 4. The van der Waals surface area contributed by atoms with E-state index in [2.05, 4.69) is 37.8 Å². The van der Waals surface area contributed by atoms with Crippen LogP contribution in [0.1, 0.15) is 5.56 Å². The SMILES string of the molecule is NN/N=C(\N)c1cc([N+](=O)[O-])c2cnn(PI)c2c1. The van der Waals surface area contributed by atoms with Crippen LogP contribution in [0, 0.1) is 10.1 Å². The number of halogens is 1. The number of amidine groups is 1. The minimum Gasteiger partial charge on any atom is -0.382 e. The number of nitrogens with zero attached hydrogens (tertiary/aromatic N) is 4. The van der Waals surface area contributed by atoms with Crippen molar-refractivity contribution in [2.45, 2.75) is 0 Å². The van der Waals surface area contributed by atoms with Gasteiger partial charge in [0.05, 0.1) is 28.4 Å². The highest BCUT2D eigenvalue weighted by Crippen LogP contribution is 2.33. The molecule has 0 aliphatic heterocycles. The number of fused-ring (bicyclic) bond motifs is 1. The van der Waals surface area contributed by atoms with Gasteiger partial charge in [-0.05, 0) is 28.1 Å². The van der Waals surface area contributed by atoms with Gasteiger partial charge in [-0.1, -0.05) is 0 Å². The molecule has 19 heavy (non-hydrogen) atoms. The maximum absolute atomic E-state index is 11.1. The van der Waals surface area contributed by atoms with Gasteiger partial charge in [0.25, 0.3) is 5.69 Å². The van der Waals surface area contributed by atoms with Gasteiger partial charge in [0.15, 0.2) is 5.84 Å². The van der Waals surface area contributed by atoms with Crippen LogP contribution >= 0.6 is 28.4 Å².